The number of hydrogen-bond acceptors (Lipinski definition) is 4. The molecule has 1 heterocycles. The van der Waals surface area contributed by atoms with E-state index in [1.54, 1.807) is 32.4 Å². The lowest BCUT2D eigenvalue weighted by molar-refractivity contribution is -0.123. The van der Waals surface area contributed by atoms with Gasteiger partial charge >= 0.3 is 0 Å². The molecule has 114 valence electrons. The summed E-state index contributed by atoms with van der Waals surface area (Å²) in [5.74, 6) is 0.970. The number of methoxy groups -OCH3 is 2. The van der Waals surface area contributed by atoms with Crippen LogP contribution in [0.3, 0.4) is 0 Å². The predicted molar refractivity (Wildman–Crippen MR) is 79.8 cm³/mol. The second-order valence-electron chi connectivity index (χ2n) is 6.08. The first-order valence-corrected chi connectivity index (χ1v) is 7.43. The van der Waals surface area contributed by atoms with Crippen molar-refractivity contribution in [2.24, 2.45) is 23.7 Å². The van der Waals surface area contributed by atoms with Crippen LogP contribution in [0.1, 0.15) is 6.42 Å². The molecule has 2 fully saturated rings. The Morgan fingerprint density at radius 1 is 0.909 bits per heavy atom. The van der Waals surface area contributed by atoms with E-state index in [1.165, 1.54) is 4.90 Å². The van der Waals surface area contributed by atoms with Gasteiger partial charge in [-0.15, -0.1) is 0 Å². The van der Waals surface area contributed by atoms with Crippen LogP contribution in [-0.2, 0) is 9.59 Å². The van der Waals surface area contributed by atoms with Gasteiger partial charge in [-0.2, -0.15) is 0 Å². The Balaban J connectivity index is 1.75. The van der Waals surface area contributed by atoms with Gasteiger partial charge in [0, 0.05) is 18.2 Å². The summed E-state index contributed by atoms with van der Waals surface area (Å²) < 4.78 is 10.5. The van der Waals surface area contributed by atoms with E-state index in [2.05, 4.69) is 12.2 Å². The summed E-state index contributed by atoms with van der Waals surface area (Å²) in [6, 6.07) is 5.13. The zero-order valence-electron chi connectivity index (χ0n) is 12.5. The van der Waals surface area contributed by atoms with E-state index < -0.39 is 0 Å². The van der Waals surface area contributed by atoms with Gasteiger partial charge in [0.05, 0.1) is 31.7 Å². The lowest BCUT2D eigenvalue weighted by Crippen LogP contribution is -2.32. The molecule has 0 spiro atoms. The van der Waals surface area contributed by atoms with Gasteiger partial charge in [-0.3, -0.25) is 9.59 Å². The summed E-state index contributed by atoms with van der Waals surface area (Å²) in [4.78, 5) is 26.9. The van der Waals surface area contributed by atoms with E-state index in [-0.39, 0.29) is 35.5 Å². The highest BCUT2D eigenvalue weighted by atomic mass is 16.5. The molecule has 2 bridgehead atoms. The molecule has 22 heavy (non-hydrogen) atoms. The Morgan fingerprint density at radius 2 is 1.41 bits per heavy atom. The van der Waals surface area contributed by atoms with Gasteiger partial charge in [0.25, 0.3) is 0 Å². The number of amides is 2. The molecule has 0 unspecified atom stereocenters. The van der Waals surface area contributed by atoms with Gasteiger partial charge in [0.1, 0.15) is 11.5 Å². The van der Waals surface area contributed by atoms with Crippen molar-refractivity contribution >= 4 is 17.5 Å². The minimum atomic E-state index is -0.195. The van der Waals surface area contributed by atoms with Crippen molar-refractivity contribution in [1.29, 1.82) is 0 Å². The highest BCUT2D eigenvalue weighted by molar-refractivity contribution is 6.23. The van der Waals surface area contributed by atoms with Crippen molar-refractivity contribution in [3.05, 3.63) is 30.4 Å². The Hall–Kier alpha value is -2.30. The van der Waals surface area contributed by atoms with Crippen molar-refractivity contribution in [2.75, 3.05) is 19.1 Å². The van der Waals surface area contributed by atoms with E-state index in [0.717, 1.165) is 6.42 Å². The van der Waals surface area contributed by atoms with Gasteiger partial charge in [-0.25, -0.2) is 4.90 Å². The maximum Gasteiger partial charge on any atom is 0.238 e. The van der Waals surface area contributed by atoms with Crippen LogP contribution in [0.15, 0.2) is 30.4 Å². The Kier molecular flexibility index (Phi) is 2.79. The molecule has 1 aliphatic heterocycles. The number of fused-ring (bicyclic) bond motifs is 5. The van der Waals surface area contributed by atoms with Gasteiger partial charge in [0.15, 0.2) is 0 Å². The molecule has 0 N–H and O–H groups in total. The smallest absolute Gasteiger partial charge is 0.238 e. The normalized spacial score (nSPS) is 31.8. The van der Waals surface area contributed by atoms with E-state index in [1.807, 2.05) is 0 Å². The van der Waals surface area contributed by atoms with Crippen LogP contribution in [0, 0.1) is 23.7 Å². The number of anilines is 1. The van der Waals surface area contributed by atoms with Crippen LogP contribution in [0.5, 0.6) is 11.5 Å². The SMILES string of the molecule is COc1cc(OC)cc(N2C(=O)[C@@H]3[C@@H](C2=O)[C@H]2C=C[C@H]3C2)c1. The summed E-state index contributed by atoms with van der Waals surface area (Å²) in [6.45, 7) is 0. The largest absolute Gasteiger partial charge is 0.497 e. The van der Waals surface area contributed by atoms with Gasteiger partial charge in [-0.1, -0.05) is 12.2 Å². The summed E-state index contributed by atoms with van der Waals surface area (Å²) >= 11 is 0. The van der Waals surface area contributed by atoms with E-state index in [0.29, 0.717) is 17.2 Å². The highest BCUT2D eigenvalue weighted by Crippen LogP contribution is 2.53. The third-order valence-electron chi connectivity index (χ3n) is 5.06. The molecular weight excluding hydrogens is 282 g/mol. The fourth-order valence-corrected chi connectivity index (χ4v) is 4.08. The first-order chi connectivity index (χ1) is 10.6. The number of allylic oxidation sites excluding steroid dienone is 2. The first kappa shape index (κ1) is 13.4. The third-order valence-corrected chi connectivity index (χ3v) is 5.06. The number of benzene rings is 1. The Labute approximate surface area is 128 Å². The molecule has 5 heteroatoms. The summed E-state index contributed by atoms with van der Waals surface area (Å²) in [7, 11) is 3.09. The molecule has 1 saturated carbocycles. The molecule has 0 radical (unpaired) electrons. The second-order valence-corrected chi connectivity index (χ2v) is 6.08. The molecular formula is C17H17NO4. The molecule has 1 saturated heterocycles. The van der Waals surface area contributed by atoms with Crippen molar-refractivity contribution in [3.8, 4) is 11.5 Å². The van der Waals surface area contributed by atoms with Crippen LogP contribution < -0.4 is 14.4 Å². The van der Waals surface area contributed by atoms with Gasteiger partial charge in [0.2, 0.25) is 11.8 Å². The molecule has 5 nitrogen and oxygen atoms in total. The zero-order valence-corrected chi connectivity index (χ0v) is 12.5. The molecule has 4 rings (SSSR count). The van der Waals surface area contributed by atoms with E-state index >= 15 is 0 Å². The number of hydrogen-bond donors (Lipinski definition) is 0. The lowest BCUT2D eigenvalue weighted by atomic mass is 9.85. The lowest BCUT2D eigenvalue weighted by Gasteiger charge is -2.18. The average Bonchev–Trinajstić information content (AvgIpc) is 3.20. The van der Waals surface area contributed by atoms with Gasteiger partial charge < -0.3 is 9.47 Å². The first-order valence-electron chi connectivity index (χ1n) is 7.43. The number of ether oxygens (including phenoxy) is 2. The number of nitrogens with zero attached hydrogens (tertiary/aromatic N) is 1. The molecule has 2 aliphatic carbocycles. The monoisotopic (exact) mass is 299 g/mol. The maximum absolute atomic E-state index is 12.8. The van der Waals surface area contributed by atoms with E-state index in [4.69, 9.17) is 9.47 Å². The molecule has 4 atom stereocenters. The summed E-state index contributed by atoms with van der Waals surface area (Å²) in [6.07, 6.45) is 5.11. The van der Waals surface area contributed by atoms with Crippen LogP contribution >= 0.6 is 0 Å². The van der Waals surface area contributed by atoms with Crippen LogP contribution in [0.2, 0.25) is 0 Å². The Morgan fingerprint density at radius 3 is 1.86 bits per heavy atom. The third kappa shape index (κ3) is 1.65. The highest BCUT2D eigenvalue weighted by Gasteiger charge is 2.59. The fourth-order valence-electron chi connectivity index (χ4n) is 4.08. The zero-order chi connectivity index (χ0) is 15.4. The van der Waals surface area contributed by atoms with Crippen LogP contribution in [-0.4, -0.2) is 26.0 Å². The van der Waals surface area contributed by atoms with Crippen molar-refractivity contribution in [2.45, 2.75) is 6.42 Å². The maximum atomic E-state index is 12.8. The number of imide groups is 1. The van der Waals surface area contributed by atoms with Crippen molar-refractivity contribution in [3.63, 3.8) is 0 Å². The quantitative estimate of drug-likeness (QED) is 0.633. The molecule has 0 aromatic heterocycles. The van der Waals surface area contributed by atoms with Crippen LogP contribution in [0.4, 0.5) is 5.69 Å². The average molecular weight is 299 g/mol. The fraction of sp³-hybridized carbons (Fsp3) is 0.412. The molecule has 1 aromatic rings. The summed E-state index contributed by atoms with van der Waals surface area (Å²) in [5, 5.41) is 0. The minimum Gasteiger partial charge on any atom is -0.497 e. The minimum absolute atomic E-state index is 0.0952. The van der Waals surface area contributed by atoms with Crippen molar-refractivity contribution < 1.29 is 19.1 Å². The molecule has 1 aromatic carbocycles. The standard InChI is InChI=1S/C17H17NO4/c1-21-12-6-11(7-13(8-12)22-2)18-16(19)14-9-3-4-10(5-9)15(14)17(18)20/h3-4,6-10,14-15H,5H2,1-2H3/t9-,10-,14-,15-/m0/s1. The van der Waals surface area contributed by atoms with Gasteiger partial charge in [-0.05, 0) is 18.3 Å². The number of rotatable bonds is 3. The summed E-state index contributed by atoms with van der Waals surface area (Å²) in [5.41, 5.74) is 0.528. The number of carbonyl (C=O) groups is 2. The predicted octanol–water partition coefficient (Wildman–Crippen LogP) is 2.02. The second kappa shape index (κ2) is 4.60. The Bertz CT molecular complexity index is 644. The topological polar surface area (TPSA) is 55.8 Å². The van der Waals surface area contributed by atoms with Crippen molar-refractivity contribution in [1.82, 2.24) is 0 Å². The molecule has 2 amide bonds. The van der Waals surface area contributed by atoms with E-state index in [9.17, 15) is 9.59 Å². The molecule has 3 aliphatic rings. The van der Waals surface area contributed by atoms with Crippen LogP contribution in [0.25, 0.3) is 0 Å². The number of carbonyl (C=O) groups excluding carboxylic acids is 2.